The molecular weight excluding hydrogens is 399 g/mol. The van der Waals surface area contributed by atoms with E-state index in [0.717, 1.165) is 45.0 Å². The van der Waals surface area contributed by atoms with Gasteiger partial charge in [-0.05, 0) is 50.2 Å². The van der Waals surface area contributed by atoms with Gasteiger partial charge in [-0.2, -0.15) is 13.2 Å². The number of aliphatic imine (C=N–C) groups is 1. The molecule has 2 aliphatic rings. The Kier molecular flexibility index (Phi) is 7.81. The normalized spacial score (nSPS) is 22.1. The summed E-state index contributed by atoms with van der Waals surface area (Å²) < 4.78 is 38.8. The van der Waals surface area contributed by atoms with E-state index in [2.05, 4.69) is 37.6 Å². The Morgan fingerprint density at radius 1 is 1.21 bits per heavy atom. The van der Waals surface area contributed by atoms with Crippen molar-refractivity contribution in [2.75, 3.05) is 52.9 Å². The number of hydrogen-bond donors (Lipinski definition) is 1. The van der Waals surface area contributed by atoms with Crippen LogP contribution in [0.15, 0.2) is 22.5 Å². The van der Waals surface area contributed by atoms with Gasteiger partial charge in [0.15, 0.2) is 5.96 Å². The molecule has 1 N–H and O–H groups in total. The van der Waals surface area contributed by atoms with Crippen LogP contribution in [-0.4, -0.2) is 85.7 Å². The van der Waals surface area contributed by atoms with Gasteiger partial charge in [0.25, 0.3) is 0 Å². The van der Waals surface area contributed by atoms with E-state index >= 15 is 0 Å². The maximum absolute atomic E-state index is 12.9. The van der Waals surface area contributed by atoms with Crippen molar-refractivity contribution < 1.29 is 13.2 Å². The van der Waals surface area contributed by atoms with Crippen LogP contribution >= 0.6 is 11.3 Å². The van der Waals surface area contributed by atoms with Gasteiger partial charge in [0.1, 0.15) is 6.04 Å². The number of nitrogens with zero attached hydrogens (tertiary/aromatic N) is 4. The fourth-order valence-electron chi connectivity index (χ4n) is 4.07. The van der Waals surface area contributed by atoms with Gasteiger partial charge in [0.05, 0.1) is 0 Å². The number of thiophene rings is 1. The third-order valence-corrected chi connectivity index (χ3v) is 6.92. The summed E-state index contributed by atoms with van der Waals surface area (Å²) in [7, 11) is 1.75. The lowest BCUT2D eigenvalue weighted by Gasteiger charge is -2.40. The molecule has 9 heteroatoms. The van der Waals surface area contributed by atoms with Crippen LogP contribution in [0.1, 0.15) is 24.6 Å². The highest BCUT2D eigenvalue weighted by atomic mass is 32.1. The molecule has 1 atom stereocenters. The number of piperazine rings is 1. The zero-order valence-corrected chi connectivity index (χ0v) is 18.1. The van der Waals surface area contributed by atoms with E-state index in [1.165, 1.54) is 16.7 Å². The first-order valence-electron chi connectivity index (χ1n) is 10.4. The van der Waals surface area contributed by atoms with Crippen molar-refractivity contribution in [3.8, 4) is 0 Å². The van der Waals surface area contributed by atoms with Crippen molar-refractivity contribution in [1.29, 1.82) is 0 Å². The lowest BCUT2D eigenvalue weighted by molar-refractivity contribution is -0.181. The van der Waals surface area contributed by atoms with Gasteiger partial charge in [-0.25, -0.2) is 0 Å². The molecule has 5 nitrogen and oxygen atoms in total. The lowest BCUT2D eigenvalue weighted by Crippen LogP contribution is -2.57. The topological polar surface area (TPSA) is 34.1 Å². The van der Waals surface area contributed by atoms with Gasteiger partial charge in [-0.1, -0.05) is 6.07 Å². The smallest absolute Gasteiger partial charge is 0.356 e. The minimum Gasteiger partial charge on any atom is -0.356 e. The molecule has 0 spiro atoms. The molecular formula is C20H32F3N5S. The van der Waals surface area contributed by atoms with Gasteiger partial charge in [0, 0.05) is 51.2 Å². The minimum atomic E-state index is -4.17. The second-order valence-corrected chi connectivity index (χ2v) is 9.00. The van der Waals surface area contributed by atoms with E-state index in [4.69, 9.17) is 0 Å². The fourth-order valence-corrected chi connectivity index (χ4v) is 4.81. The SMILES string of the molecule is CN=C(NCC1CCN(Cc2cccs2)CC1)N1CCN(C(C)C(F)(F)F)CC1. The van der Waals surface area contributed by atoms with Gasteiger partial charge >= 0.3 is 6.18 Å². The van der Waals surface area contributed by atoms with E-state index in [1.54, 1.807) is 7.05 Å². The first-order valence-corrected chi connectivity index (χ1v) is 11.3. The molecule has 2 saturated heterocycles. The predicted molar refractivity (Wildman–Crippen MR) is 112 cm³/mol. The quantitative estimate of drug-likeness (QED) is 0.574. The Labute approximate surface area is 175 Å². The summed E-state index contributed by atoms with van der Waals surface area (Å²) in [5, 5.41) is 5.59. The monoisotopic (exact) mass is 431 g/mol. The van der Waals surface area contributed by atoms with E-state index in [-0.39, 0.29) is 0 Å². The zero-order chi connectivity index (χ0) is 20.9. The highest BCUT2D eigenvalue weighted by Gasteiger charge is 2.41. The van der Waals surface area contributed by atoms with Crippen molar-refractivity contribution >= 4 is 17.3 Å². The van der Waals surface area contributed by atoms with Crippen molar-refractivity contribution in [1.82, 2.24) is 20.0 Å². The molecule has 0 aromatic carbocycles. The van der Waals surface area contributed by atoms with Gasteiger partial charge in [-0.3, -0.25) is 14.8 Å². The van der Waals surface area contributed by atoms with Crippen molar-refractivity contribution in [3.63, 3.8) is 0 Å². The number of guanidine groups is 1. The van der Waals surface area contributed by atoms with Crippen LogP contribution in [0.2, 0.25) is 0 Å². The maximum atomic E-state index is 12.9. The number of halogens is 3. The molecule has 2 fully saturated rings. The van der Waals surface area contributed by atoms with Crippen LogP contribution in [0, 0.1) is 5.92 Å². The Bertz CT molecular complexity index is 633. The van der Waals surface area contributed by atoms with E-state index in [9.17, 15) is 13.2 Å². The molecule has 0 amide bonds. The number of nitrogens with one attached hydrogen (secondary N) is 1. The second-order valence-electron chi connectivity index (χ2n) is 7.97. The number of hydrogen-bond acceptors (Lipinski definition) is 4. The highest BCUT2D eigenvalue weighted by Crippen LogP contribution is 2.25. The number of piperidine rings is 1. The summed E-state index contributed by atoms with van der Waals surface area (Å²) >= 11 is 1.81. The number of alkyl halides is 3. The van der Waals surface area contributed by atoms with Gasteiger partial charge < -0.3 is 10.2 Å². The standard InChI is InChI=1S/C20H32F3N5S/c1-16(20(21,22)23)27-9-11-28(12-10-27)19(24-2)25-14-17-5-7-26(8-6-17)15-18-4-3-13-29-18/h3-4,13,16-17H,5-12,14-15H2,1-2H3,(H,24,25). The molecule has 3 rings (SSSR count). The van der Waals surface area contributed by atoms with E-state index in [0.29, 0.717) is 32.1 Å². The molecule has 29 heavy (non-hydrogen) atoms. The molecule has 0 aliphatic carbocycles. The molecule has 0 radical (unpaired) electrons. The van der Waals surface area contributed by atoms with Crippen molar-refractivity contribution in [3.05, 3.63) is 22.4 Å². The summed E-state index contributed by atoms with van der Waals surface area (Å²) in [6, 6.07) is 2.91. The summed E-state index contributed by atoms with van der Waals surface area (Å²) in [5.41, 5.74) is 0. The first kappa shape index (κ1) is 22.4. The van der Waals surface area contributed by atoms with E-state index < -0.39 is 12.2 Å². The van der Waals surface area contributed by atoms with Crippen LogP contribution in [0.4, 0.5) is 13.2 Å². The molecule has 1 aromatic rings. The maximum Gasteiger partial charge on any atom is 0.403 e. The van der Waals surface area contributed by atoms with Gasteiger partial charge in [0.2, 0.25) is 0 Å². The van der Waals surface area contributed by atoms with Crippen molar-refractivity contribution in [2.24, 2.45) is 10.9 Å². The molecule has 1 unspecified atom stereocenters. The summed E-state index contributed by atoms with van der Waals surface area (Å²) in [4.78, 5) is 11.9. The molecule has 3 heterocycles. The Balaban J connectivity index is 1.38. The van der Waals surface area contributed by atoms with Crippen LogP contribution in [-0.2, 0) is 6.54 Å². The zero-order valence-electron chi connectivity index (χ0n) is 17.3. The summed E-state index contributed by atoms with van der Waals surface area (Å²) in [6.07, 6.45) is -1.85. The van der Waals surface area contributed by atoms with Crippen LogP contribution in [0.3, 0.4) is 0 Å². The Hall–Kier alpha value is -1.32. The third kappa shape index (κ3) is 6.33. The second kappa shape index (κ2) is 10.1. The van der Waals surface area contributed by atoms with E-state index in [1.807, 2.05) is 11.3 Å². The fraction of sp³-hybridized carbons (Fsp3) is 0.750. The van der Waals surface area contributed by atoms with Crippen molar-refractivity contribution in [2.45, 2.75) is 38.5 Å². The van der Waals surface area contributed by atoms with Crippen LogP contribution in [0.5, 0.6) is 0 Å². The molecule has 0 saturated carbocycles. The van der Waals surface area contributed by atoms with Crippen LogP contribution in [0.25, 0.3) is 0 Å². The predicted octanol–water partition coefficient (Wildman–Crippen LogP) is 3.10. The molecule has 2 aliphatic heterocycles. The molecule has 0 bridgehead atoms. The summed E-state index contributed by atoms with van der Waals surface area (Å²) in [6.45, 7) is 7.32. The number of likely N-dealkylation sites (tertiary alicyclic amines) is 1. The summed E-state index contributed by atoms with van der Waals surface area (Å²) in [5.74, 6) is 1.42. The average molecular weight is 432 g/mol. The average Bonchev–Trinajstić information content (AvgIpc) is 3.22. The Morgan fingerprint density at radius 2 is 1.90 bits per heavy atom. The lowest BCUT2D eigenvalue weighted by atomic mass is 9.97. The highest BCUT2D eigenvalue weighted by molar-refractivity contribution is 7.09. The minimum absolute atomic E-state index is 0.405. The largest absolute Gasteiger partial charge is 0.403 e. The third-order valence-electron chi connectivity index (χ3n) is 6.06. The van der Waals surface area contributed by atoms with Crippen LogP contribution < -0.4 is 5.32 Å². The van der Waals surface area contributed by atoms with Gasteiger partial charge in [-0.15, -0.1) is 11.3 Å². The first-order chi connectivity index (χ1) is 13.9. The number of rotatable bonds is 5. The molecule has 1 aromatic heterocycles. The molecule has 164 valence electrons. The Morgan fingerprint density at radius 3 is 2.45 bits per heavy atom.